The molecule has 6 nitrogen and oxygen atoms in total. The van der Waals surface area contributed by atoms with Gasteiger partial charge >= 0.3 is 13.6 Å². The van der Waals surface area contributed by atoms with E-state index in [0.717, 1.165) is 0 Å². The molecule has 0 fully saturated rings. The van der Waals surface area contributed by atoms with Crippen LogP contribution in [0.25, 0.3) is 0 Å². The van der Waals surface area contributed by atoms with Gasteiger partial charge < -0.3 is 14.2 Å². The number of carbonyl (C=O) groups excluding carboxylic acids is 1. The Kier molecular flexibility index (Phi) is 6.74. The number of nitrogens with one attached hydrogen (secondary N) is 1. The summed E-state index contributed by atoms with van der Waals surface area (Å²) < 4.78 is 20.2. The molecule has 84 valence electrons. The van der Waals surface area contributed by atoms with Gasteiger partial charge in [0.05, 0.1) is 26.0 Å². The summed E-state index contributed by atoms with van der Waals surface area (Å²) in [6.07, 6.45) is -0.250. The highest BCUT2D eigenvalue weighted by atomic mass is 31.2. The van der Waals surface area contributed by atoms with Gasteiger partial charge in [-0.25, -0.2) is 0 Å². The summed E-state index contributed by atoms with van der Waals surface area (Å²) in [4.78, 5) is 19.9. The van der Waals surface area contributed by atoms with Gasteiger partial charge in [-0.2, -0.15) is 0 Å². The lowest BCUT2D eigenvalue weighted by atomic mass is 10.6. The first-order chi connectivity index (χ1) is 6.52. The first kappa shape index (κ1) is 13.6. The van der Waals surface area contributed by atoms with Gasteiger partial charge in [0.15, 0.2) is 0 Å². The lowest BCUT2D eigenvalue weighted by Gasteiger charge is -2.10. The number of carbonyl (C=O) groups is 1. The molecular weight excluding hydrogens is 209 g/mol. The van der Waals surface area contributed by atoms with Crippen molar-refractivity contribution in [1.29, 1.82) is 0 Å². The summed E-state index contributed by atoms with van der Waals surface area (Å²) in [6.45, 7) is 3.67. The Balaban J connectivity index is 3.62. The van der Waals surface area contributed by atoms with Crippen LogP contribution in [0.1, 0.15) is 13.8 Å². The van der Waals surface area contributed by atoms with Crippen LogP contribution in [0, 0.1) is 0 Å². The first-order valence-corrected chi connectivity index (χ1v) is 6.10. The van der Waals surface area contributed by atoms with Gasteiger partial charge in [-0.05, 0) is 13.8 Å². The fraction of sp³-hybridized carbons (Fsp3) is 0.857. The lowest BCUT2D eigenvalue weighted by Crippen LogP contribution is -2.26. The van der Waals surface area contributed by atoms with Crippen molar-refractivity contribution in [3.05, 3.63) is 0 Å². The van der Waals surface area contributed by atoms with Gasteiger partial charge in [0.25, 0.3) is 0 Å². The van der Waals surface area contributed by atoms with Crippen LogP contribution in [-0.4, -0.2) is 36.9 Å². The monoisotopic (exact) mass is 225 g/mol. The van der Waals surface area contributed by atoms with Crippen molar-refractivity contribution in [2.45, 2.75) is 13.8 Å². The third kappa shape index (κ3) is 7.03. The molecule has 0 aromatic carbocycles. The zero-order valence-corrected chi connectivity index (χ0v) is 9.25. The molecule has 0 spiro atoms. The highest BCUT2D eigenvalue weighted by Crippen LogP contribution is 2.39. The van der Waals surface area contributed by atoms with Gasteiger partial charge in [-0.15, -0.1) is 0 Å². The molecule has 0 aliphatic carbocycles. The van der Waals surface area contributed by atoms with Crippen molar-refractivity contribution in [2.24, 2.45) is 0 Å². The van der Waals surface area contributed by atoms with Gasteiger partial charge in [-0.1, -0.05) is 0 Å². The standard InChI is InChI=1S/C7H16NO5P/c1-3-12-7(9)5-8-6-14(10,11)13-4-2/h8H,3-6H2,1-2H3,(H,10,11). The number of hydrogen-bond donors (Lipinski definition) is 2. The smallest absolute Gasteiger partial charge is 0.341 e. The zero-order chi connectivity index (χ0) is 11.0. The number of hydrogen-bond acceptors (Lipinski definition) is 5. The van der Waals surface area contributed by atoms with E-state index < -0.39 is 13.6 Å². The first-order valence-electron chi connectivity index (χ1n) is 4.34. The molecule has 0 saturated carbocycles. The highest BCUT2D eigenvalue weighted by molar-refractivity contribution is 7.52. The molecule has 0 amide bonds. The molecule has 0 aliphatic rings. The predicted octanol–water partition coefficient (Wildman–Crippen LogP) is 0.318. The van der Waals surface area contributed by atoms with E-state index in [1.54, 1.807) is 13.8 Å². The quantitative estimate of drug-likeness (QED) is 0.479. The maximum Gasteiger partial charge on any atom is 0.341 e. The topological polar surface area (TPSA) is 84.9 Å². The third-order valence-electron chi connectivity index (χ3n) is 1.22. The molecule has 0 rings (SSSR count). The predicted molar refractivity (Wildman–Crippen MR) is 51.0 cm³/mol. The Morgan fingerprint density at radius 1 is 1.43 bits per heavy atom. The molecule has 14 heavy (non-hydrogen) atoms. The fourth-order valence-corrected chi connectivity index (χ4v) is 1.65. The van der Waals surface area contributed by atoms with Crippen LogP contribution in [0.15, 0.2) is 0 Å². The number of ether oxygens (including phenoxy) is 1. The molecule has 0 radical (unpaired) electrons. The van der Waals surface area contributed by atoms with Crippen LogP contribution in [0.5, 0.6) is 0 Å². The molecule has 1 unspecified atom stereocenters. The average Bonchev–Trinajstić information content (AvgIpc) is 2.03. The van der Waals surface area contributed by atoms with Crippen LogP contribution in [0.3, 0.4) is 0 Å². The van der Waals surface area contributed by atoms with Gasteiger partial charge in [-0.3, -0.25) is 14.7 Å². The van der Waals surface area contributed by atoms with Gasteiger partial charge in [0.2, 0.25) is 0 Å². The number of esters is 1. The Morgan fingerprint density at radius 3 is 2.57 bits per heavy atom. The van der Waals surface area contributed by atoms with E-state index in [1.807, 2.05) is 0 Å². The molecule has 1 atom stereocenters. The number of rotatable bonds is 7. The maximum atomic E-state index is 11.1. The van der Waals surface area contributed by atoms with E-state index in [1.165, 1.54) is 0 Å². The van der Waals surface area contributed by atoms with Gasteiger partial charge in [0.1, 0.15) is 0 Å². The van der Waals surface area contributed by atoms with Crippen LogP contribution in [0.4, 0.5) is 0 Å². The zero-order valence-electron chi connectivity index (χ0n) is 8.36. The minimum Gasteiger partial charge on any atom is -0.465 e. The molecule has 0 aliphatic heterocycles. The minimum absolute atomic E-state index is 0.0918. The molecule has 2 N–H and O–H groups in total. The Morgan fingerprint density at radius 2 is 2.07 bits per heavy atom. The second kappa shape index (κ2) is 6.95. The summed E-state index contributed by atoms with van der Waals surface area (Å²) >= 11 is 0. The molecule has 0 bridgehead atoms. The van der Waals surface area contributed by atoms with Crippen molar-refractivity contribution in [1.82, 2.24) is 5.32 Å². The molecule has 7 heteroatoms. The van der Waals surface area contributed by atoms with E-state index in [9.17, 15) is 9.36 Å². The van der Waals surface area contributed by atoms with Crippen LogP contribution < -0.4 is 5.32 Å². The summed E-state index contributed by atoms with van der Waals surface area (Å²) in [7, 11) is -3.59. The van der Waals surface area contributed by atoms with E-state index in [-0.39, 0.29) is 19.4 Å². The van der Waals surface area contributed by atoms with Crippen LogP contribution in [-0.2, 0) is 18.6 Å². The summed E-state index contributed by atoms with van der Waals surface area (Å²) in [5.41, 5.74) is 0. The summed E-state index contributed by atoms with van der Waals surface area (Å²) in [5.74, 6) is -0.455. The maximum absolute atomic E-state index is 11.1. The lowest BCUT2D eigenvalue weighted by molar-refractivity contribution is -0.141. The third-order valence-corrected chi connectivity index (χ3v) is 2.50. The minimum atomic E-state index is -3.59. The van der Waals surface area contributed by atoms with Crippen molar-refractivity contribution in [3.8, 4) is 0 Å². The van der Waals surface area contributed by atoms with E-state index in [4.69, 9.17) is 4.89 Å². The van der Waals surface area contributed by atoms with Crippen LogP contribution in [0.2, 0.25) is 0 Å². The fourth-order valence-electron chi connectivity index (χ4n) is 0.759. The molecular formula is C7H16NO5P. The average molecular weight is 225 g/mol. The summed E-state index contributed by atoms with van der Waals surface area (Å²) in [5, 5.41) is 2.48. The second-order valence-electron chi connectivity index (χ2n) is 2.45. The molecule has 0 aromatic rings. The highest BCUT2D eigenvalue weighted by Gasteiger charge is 2.17. The molecule has 0 aromatic heterocycles. The SMILES string of the molecule is CCOC(=O)CNCP(=O)(O)OCC. The Labute approximate surface area is 83.1 Å². The van der Waals surface area contributed by atoms with E-state index in [0.29, 0.717) is 6.61 Å². The van der Waals surface area contributed by atoms with Crippen molar-refractivity contribution in [3.63, 3.8) is 0 Å². The molecule has 0 heterocycles. The van der Waals surface area contributed by atoms with Crippen LogP contribution >= 0.6 is 7.60 Å². The summed E-state index contributed by atoms with van der Waals surface area (Å²) in [6, 6.07) is 0. The second-order valence-corrected chi connectivity index (χ2v) is 4.29. The van der Waals surface area contributed by atoms with E-state index >= 15 is 0 Å². The Bertz CT molecular complexity index is 220. The largest absolute Gasteiger partial charge is 0.465 e. The van der Waals surface area contributed by atoms with Crippen molar-refractivity contribution in [2.75, 3.05) is 26.0 Å². The van der Waals surface area contributed by atoms with Gasteiger partial charge in [0, 0.05) is 0 Å². The normalized spacial score (nSPS) is 14.8. The molecule has 0 saturated heterocycles. The van der Waals surface area contributed by atoms with E-state index in [2.05, 4.69) is 14.6 Å². The van der Waals surface area contributed by atoms with Crippen molar-refractivity contribution < 1.29 is 23.5 Å². The Hall–Kier alpha value is -0.420. The van der Waals surface area contributed by atoms with Crippen molar-refractivity contribution >= 4 is 13.6 Å².